The highest BCUT2D eigenvalue weighted by Crippen LogP contribution is 2.53. The van der Waals surface area contributed by atoms with Crippen LogP contribution in [0, 0.1) is 27.7 Å². The van der Waals surface area contributed by atoms with Gasteiger partial charge in [0.1, 0.15) is 0 Å². The summed E-state index contributed by atoms with van der Waals surface area (Å²) in [7, 11) is 0. The minimum absolute atomic E-state index is 1.13. The Morgan fingerprint density at radius 1 is 0.270 bits per heavy atom. The van der Waals surface area contributed by atoms with Crippen molar-refractivity contribution in [1.82, 2.24) is 8.80 Å². The highest BCUT2D eigenvalue weighted by atomic mass is 15.2. The number of aryl methyl sites for hydroxylation is 4. The van der Waals surface area contributed by atoms with E-state index in [0.29, 0.717) is 0 Å². The maximum Gasteiger partial charge on any atom is 0.0641 e. The molecule has 74 heavy (non-hydrogen) atoms. The number of benzene rings is 11. The molecule has 0 fully saturated rings. The Bertz CT molecular complexity index is 4410. The van der Waals surface area contributed by atoms with Gasteiger partial charge >= 0.3 is 0 Å². The van der Waals surface area contributed by atoms with Gasteiger partial charge < -0.3 is 18.6 Å². The maximum atomic E-state index is 2.56. The van der Waals surface area contributed by atoms with Gasteiger partial charge in [0.05, 0.1) is 55.8 Å². The molecule has 4 nitrogen and oxygen atoms in total. The quantitative estimate of drug-likeness (QED) is 0.151. The molecule has 15 rings (SSSR count). The number of rotatable bonds is 8. The monoisotopic (exact) mass is 946 g/mol. The average molecular weight is 947 g/mol. The molecule has 4 heteroatoms. The zero-order chi connectivity index (χ0) is 49.3. The highest BCUT2D eigenvalue weighted by Gasteiger charge is 2.29. The number of fused-ring (bicyclic) bond motifs is 12. The van der Waals surface area contributed by atoms with E-state index in [2.05, 4.69) is 277 Å². The summed E-state index contributed by atoms with van der Waals surface area (Å²) in [5, 5.41) is 9.96. The molecule has 0 spiro atoms. The molecule has 0 bridgehead atoms. The molecule has 0 aliphatic carbocycles. The molecule has 0 N–H and O–H groups in total. The van der Waals surface area contributed by atoms with Crippen LogP contribution in [0.1, 0.15) is 22.3 Å². The van der Waals surface area contributed by atoms with Gasteiger partial charge in [-0.3, -0.25) is 0 Å². The van der Waals surface area contributed by atoms with E-state index in [1.165, 1.54) is 121 Å². The van der Waals surface area contributed by atoms with E-state index < -0.39 is 0 Å². The molecule has 0 amide bonds. The fraction of sp³-hybridized carbons (Fsp3) is 0.0571. The molecular weight excluding hydrogens is 897 g/mol. The van der Waals surface area contributed by atoms with Crippen molar-refractivity contribution >= 4 is 110 Å². The van der Waals surface area contributed by atoms with Crippen molar-refractivity contribution in [3.05, 3.63) is 253 Å². The average Bonchev–Trinajstić information content (AvgIpc) is 4.16. The molecule has 0 atom stereocenters. The van der Waals surface area contributed by atoms with Crippen molar-refractivity contribution in [1.29, 1.82) is 0 Å². The van der Waals surface area contributed by atoms with Crippen LogP contribution in [0.25, 0.3) is 98.4 Å². The van der Waals surface area contributed by atoms with E-state index >= 15 is 0 Å². The van der Waals surface area contributed by atoms with Crippen molar-refractivity contribution in [2.75, 3.05) is 9.80 Å². The Balaban J connectivity index is 1.02. The van der Waals surface area contributed by atoms with Crippen LogP contribution in [0.15, 0.2) is 231 Å². The summed E-state index contributed by atoms with van der Waals surface area (Å²) in [6.45, 7) is 8.76. The first-order chi connectivity index (χ1) is 36.4. The van der Waals surface area contributed by atoms with Crippen LogP contribution in [0.5, 0.6) is 0 Å². The lowest BCUT2D eigenvalue weighted by Gasteiger charge is -2.29. The van der Waals surface area contributed by atoms with Crippen molar-refractivity contribution < 1.29 is 0 Å². The first-order valence-corrected chi connectivity index (χ1v) is 25.8. The summed E-state index contributed by atoms with van der Waals surface area (Å²) in [6.07, 6.45) is 0. The third-order valence-electron chi connectivity index (χ3n) is 15.7. The second-order valence-corrected chi connectivity index (χ2v) is 20.4. The van der Waals surface area contributed by atoms with Crippen molar-refractivity contribution in [3.63, 3.8) is 0 Å². The molecule has 4 aromatic heterocycles. The van der Waals surface area contributed by atoms with Crippen LogP contribution in [-0.4, -0.2) is 8.80 Å². The van der Waals surface area contributed by atoms with Gasteiger partial charge in [-0.15, -0.1) is 0 Å². The van der Waals surface area contributed by atoms with Gasteiger partial charge in [-0.25, -0.2) is 0 Å². The Hall–Kier alpha value is -9.38. The molecule has 350 valence electrons. The summed E-state index contributed by atoms with van der Waals surface area (Å²) in [5.41, 5.74) is 23.9. The largest absolute Gasteiger partial charge is 0.309 e. The molecule has 0 radical (unpaired) electrons. The Kier molecular flexibility index (Phi) is 9.19. The standard InChI is InChI=1S/C70H50N4/c1-43-17-15-23-49(37-43)71(61-33-29-45(3)39-55(61)47-19-7-5-8-20-47)63-35-31-51-57-41-66-58(42-65(57)73-59-27-13-11-25-53(59)67(63)69(51)73)52-32-36-64(68-54-26-12-14-28-60(54)74(66)70(52)68)72(50-24-16-18-44(2)38-50)62-34-30-46(4)40-56(62)48-21-9-6-10-22-48/h5-42H,1-4H3. The minimum Gasteiger partial charge on any atom is -0.309 e. The Labute approximate surface area is 429 Å². The van der Waals surface area contributed by atoms with Gasteiger partial charge in [0.2, 0.25) is 0 Å². The molecule has 0 saturated carbocycles. The zero-order valence-corrected chi connectivity index (χ0v) is 41.7. The Morgan fingerprint density at radius 2 is 0.662 bits per heavy atom. The number of nitrogens with zero attached hydrogens (tertiary/aromatic N) is 4. The molecule has 0 saturated heterocycles. The van der Waals surface area contributed by atoms with Gasteiger partial charge in [0, 0.05) is 65.6 Å². The smallest absolute Gasteiger partial charge is 0.0641 e. The fourth-order valence-electron chi connectivity index (χ4n) is 12.6. The number of aromatic nitrogens is 2. The van der Waals surface area contributed by atoms with Gasteiger partial charge in [0.15, 0.2) is 0 Å². The summed E-state index contributed by atoms with van der Waals surface area (Å²) in [5.74, 6) is 0. The number of anilines is 6. The summed E-state index contributed by atoms with van der Waals surface area (Å²) < 4.78 is 5.11. The molecule has 11 aromatic carbocycles. The highest BCUT2D eigenvalue weighted by molar-refractivity contribution is 6.32. The normalized spacial score (nSPS) is 12.1. The predicted molar refractivity (Wildman–Crippen MR) is 315 cm³/mol. The number of para-hydroxylation sites is 2. The van der Waals surface area contributed by atoms with E-state index in [1.807, 2.05) is 0 Å². The van der Waals surface area contributed by atoms with Crippen LogP contribution >= 0.6 is 0 Å². The second-order valence-electron chi connectivity index (χ2n) is 20.4. The lowest BCUT2D eigenvalue weighted by atomic mass is 9.98. The van der Waals surface area contributed by atoms with Crippen LogP contribution in [0.3, 0.4) is 0 Å². The Morgan fingerprint density at radius 3 is 1.09 bits per heavy atom. The third kappa shape index (κ3) is 6.15. The van der Waals surface area contributed by atoms with Gasteiger partial charge in [0.25, 0.3) is 0 Å². The van der Waals surface area contributed by atoms with E-state index in [-0.39, 0.29) is 0 Å². The molecular formula is C70H50N4. The van der Waals surface area contributed by atoms with E-state index in [4.69, 9.17) is 0 Å². The predicted octanol–water partition coefficient (Wildman–Crippen LogP) is 19.5. The van der Waals surface area contributed by atoms with Gasteiger partial charge in [-0.2, -0.15) is 0 Å². The van der Waals surface area contributed by atoms with Crippen molar-refractivity contribution in [2.24, 2.45) is 0 Å². The molecule has 15 aromatic rings. The molecule has 4 heterocycles. The van der Waals surface area contributed by atoms with Gasteiger partial charge in [-0.05, 0) is 135 Å². The SMILES string of the molecule is Cc1cccc(N(c2ccc(C)cc2-c2ccccc2)c2ccc3c4cc5c(cc4n4c6ccccc6c2c34)c2ccc(N(c3cccc(C)c3)c3ccc(C)cc3-c3ccccc3)c3c4ccccc4n5c23)c1. The minimum atomic E-state index is 1.13. The van der Waals surface area contributed by atoms with Crippen LogP contribution in [0.4, 0.5) is 34.1 Å². The van der Waals surface area contributed by atoms with Crippen LogP contribution in [0.2, 0.25) is 0 Å². The van der Waals surface area contributed by atoms with E-state index in [9.17, 15) is 0 Å². The molecule has 0 aliphatic rings. The number of hydrogen-bond donors (Lipinski definition) is 0. The fourth-order valence-corrected chi connectivity index (χ4v) is 12.6. The van der Waals surface area contributed by atoms with E-state index in [0.717, 1.165) is 34.1 Å². The summed E-state index contributed by atoms with van der Waals surface area (Å²) in [4.78, 5) is 5.01. The third-order valence-corrected chi connectivity index (χ3v) is 15.7. The van der Waals surface area contributed by atoms with Crippen LogP contribution in [-0.2, 0) is 0 Å². The second kappa shape index (κ2) is 16.1. The lowest BCUT2D eigenvalue weighted by molar-refractivity contribution is 1.28. The topological polar surface area (TPSA) is 15.3 Å². The maximum absolute atomic E-state index is 2.56. The lowest BCUT2D eigenvalue weighted by Crippen LogP contribution is -2.12. The van der Waals surface area contributed by atoms with Gasteiger partial charge in [-0.1, -0.05) is 157 Å². The van der Waals surface area contributed by atoms with Crippen molar-refractivity contribution in [3.8, 4) is 22.3 Å². The summed E-state index contributed by atoms with van der Waals surface area (Å²) in [6, 6.07) is 85.9. The summed E-state index contributed by atoms with van der Waals surface area (Å²) >= 11 is 0. The zero-order valence-electron chi connectivity index (χ0n) is 41.7. The first-order valence-electron chi connectivity index (χ1n) is 25.8. The van der Waals surface area contributed by atoms with Crippen LogP contribution < -0.4 is 9.80 Å². The molecule has 0 unspecified atom stereocenters. The number of hydrogen-bond acceptors (Lipinski definition) is 2. The first kappa shape index (κ1) is 42.3. The van der Waals surface area contributed by atoms with Crippen molar-refractivity contribution in [2.45, 2.75) is 27.7 Å². The van der Waals surface area contributed by atoms with E-state index in [1.54, 1.807) is 0 Å². The molecule has 0 aliphatic heterocycles.